The summed E-state index contributed by atoms with van der Waals surface area (Å²) in [5.74, 6) is 1.29. The molecule has 0 saturated heterocycles. The third-order valence-electron chi connectivity index (χ3n) is 2.21. The van der Waals surface area contributed by atoms with Gasteiger partial charge in [0.2, 0.25) is 11.9 Å². The number of nitrogens with one attached hydrogen (secondary N) is 1. The Morgan fingerprint density at radius 3 is 2.89 bits per heavy atom. The van der Waals surface area contributed by atoms with Crippen molar-refractivity contribution in [3.05, 3.63) is 18.5 Å². The predicted octanol–water partition coefficient (Wildman–Crippen LogP) is -0.182. The molecule has 0 aliphatic heterocycles. The maximum Gasteiger partial charge on any atom is 0.257 e. The van der Waals surface area contributed by atoms with Crippen LogP contribution in [-0.4, -0.2) is 47.0 Å². The van der Waals surface area contributed by atoms with E-state index in [1.807, 2.05) is 6.92 Å². The number of nitrogens with zero attached hydrogens (tertiary/aromatic N) is 5. The summed E-state index contributed by atoms with van der Waals surface area (Å²) in [4.78, 5) is 12.2. The number of nitrogen functional groups attached to an aromatic ring is 1. The van der Waals surface area contributed by atoms with Crippen LogP contribution in [0.15, 0.2) is 18.5 Å². The molecular weight excluding hydrogens is 266 g/mol. The first kappa shape index (κ1) is 13.4. The molecule has 19 heavy (non-hydrogen) atoms. The van der Waals surface area contributed by atoms with Gasteiger partial charge in [0.1, 0.15) is 0 Å². The molecule has 2 aromatic heterocycles. The highest BCUT2D eigenvalue weighted by Crippen LogP contribution is 2.07. The predicted molar refractivity (Wildman–Crippen MR) is 73.4 cm³/mol. The van der Waals surface area contributed by atoms with Gasteiger partial charge < -0.3 is 11.1 Å². The monoisotopic (exact) mass is 281 g/mol. The average molecular weight is 281 g/mol. The number of nitrogens with two attached hydrogens (primary N) is 1. The van der Waals surface area contributed by atoms with E-state index in [9.17, 15) is 4.21 Å². The number of anilines is 2. The van der Waals surface area contributed by atoms with Gasteiger partial charge in [-0.15, -0.1) is 0 Å². The largest absolute Gasteiger partial charge is 0.368 e. The molecule has 8 nitrogen and oxygen atoms in total. The molecule has 0 amide bonds. The van der Waals surface area contributed by atoms with Crippen molar-refractivity contribution in [1.82, 2.24) is 24.7 Å². The molecule has 0 bridgehead atoms. The topological polar surface area (TPSA) is 112 Å². The number of hydrogen-bond donors (Lipinski definition) is 2. The molecule has 9 heteroatoms. The zero-order valence-electron chi connectivity index (χ0n) is 10.6. The maximum absolute atomic E-state index is 11.1. The summed E-state index contributed by atoms with van der Waals surface area (Å²) in [6.45, 7) is 1.90. The van der Waals surface area contributed by atoms with Gasteiger partial charge in [0.15, 0.2) is 0 Å². The molecule has 2 atom stereocenters. The second kappa shape index (κ2) is 5.74. The van der Waals surface area contributed by atoms with Crippen LogP contribution in [0.4, 0.5) is 11.9 Å². The Kier molecular flexibility index (Phi) is 4.05. The van der Waals surface area contributed by atoms with Gasteiger partial charge >= 0.3 is 0 Å². The van der Waals surface area contributed by atoms with E-state index in [-0.39, 0.29) is 12.0 Å². The first-order chi connectivity index (χ1) is 9.04. The van der Waals surface area contributed by atoms with Crippen molar-refractivity contribution in [2.75, 3.05) is 23.1 Å². The van der Waals surface area contributed by atoms with E-state index >= 15 is 0 Å². The Bertz CT molecular complexity index is 571. The van der Waals surface area contributed by atoms with Crippen LogP contribution in [0.3, 0.4) is 0 Å². The SMILES string of the molecule is CC(CS(C)=O)Nc1nc(N)nc(-n2cccn2)n1. The summed E-state index contributed by atoms with van der Waals surface area (Å²) < 4.78 is 12.6. The lowest BCUT2D eigenvalue weighted by Gasteiger charge is -2.12. The maximum atomic E-state index is 11.1. The highest BCUT2D eigenvalue weighted by atomic mass is 32.2. The minimum Gasteiger partial charge on any atom is -0.368 e. The number of aromatic nitrogens is 5. The summed E-state index contributed by atoms with van der Waals surface area (Å²) in [5, 5.41) is 7.07. The Labute approximate surface area is 112 Å². The van der Waals surface area contributed by atoms with E-state index in [1.165, 1.54) is 4.68 Å². The first-order valence-corrected chi connectivity index (χ1v) is 7.35. The first-order valence-electron chi connectivity index (χ1n) is 5.62. The van der Waals surface area contributed by atoms with E-state index in [1.54, 1.807) is 24.7 Å². The zero-order chi connectivity index (χ0) is 13.8. The van der Waals surface area contributed by atoms with E-state index in [2.05, 4.69) is 25.4 Å². The van der Waals surface area contributed by atoms with E-state index in [4.69, 9.17) is 5.73 Å². The fourth-order valence-corrected chi connectivity index (χ4v) is 2.34. The summed E-state index contributed by atoms with van der Waals surface area (Å²) in [5.41, 5.74) is 5.64. The molecular formula is C10H15N7OS. The van der Waals surface area contributed by atoms with Crippen LogP contribution >= 0.6 is 0 Å². The van der Waals surface area contributed by atoms with Crippen LogP contribution in [0, 0.1) is 0 Å². The Morgan fingerprint density at radius 2 is 2.26 bits per heavy atom. The standard InChI is InChI=1S/C10H15N7OS/c1-7(6-19(2)18)13-9-14-8(11)15-10(16-9)17-5-3-4-12-17/h3-5,7H,6H2,1-2H3,(H3,11,13,14,15,16). The van der Waals surface area contributed by atoms with Gasteiger partial charge in [-0.05, 0) is 13.0 Å². The molecule has 2 heterocycles. The molecule has 102 valence electrons. The van der Waals surface area contributed by atoms with Crippen LogP contribution in [0.2, 0.25) is 0 Å². The summed E-state index contributed by atoms with van der Waals surface area (Å²) in [7, 11) is -0.892. The molecule has 0 aliphatic carbocycles. The average Bonchev–Trinajstić information content (AvgIpc) is 2.79. The second-order valence-corrected chi connectivity index (χ2v) is 5.53. The lowest BCUT2D eigenvalue weighted by molar-refractivity contribution is 0.682. The van der Waals surface area contributed by atoms with Crippen molar-refractivity contribution >= 4 is 22.7 Å². The van der Waals surface area contributed by atoms with Crippen LogP contribution in [0.5, 0.6) is 0 Å². The lowest BCUT2D eigenvalue weighted by Crippen LogP contribution is -2.24. The van der Waals surface area contributed by atoms with E-state index in [0.29, 0.717) is 17.6 Å². The van der Waals surface area contributed by atoms with Crippen molar-refractivity contribution in [3.8, 4) is 5.95 Å². The Hall–Kier alpha value is -2.03. The lowest BCUT2D eigenvalue weighted by atomic mass is 10.4. The molecule has 0 radical (unpaired) electrons. The van der Waals surface area contributed by atoms with Crippen molar-refractivity contribution in [1.29, 1.82) is 0 Å². The van der Waals surface area contributed by atoms with Gasteiger partial charge in [-0.1, -0.05) is 0 Å². The van der Waals surface area contributed by atoms with Gasteiger partial charge in [0.25, 0.3) is 5.95 Å². The molecule has 0 spiro atoms. The van der Waals surface area contributed by atoms with E-state index < -0.39 is 10.8 Å². The normalized spacial score (nSPS) is 14.0. The highest BCUT2D eigenvalue weighted by Gasteiger charge is 2.10. The van der Waals surface area contributed by atoms with Gasteiger partial charge in [-0.2, -0.15) is 20.1 Å². The summed E-state index contributed by atoms with van der Waals surface area (Å²) >= 11 is 0. The van der Waals surface area contributed by atoms with Crippen molar-refractivity contribution in [3.63, 3.8) is 0 Å². The molecule has 0 aromatic carbocycles. The van der Waals surface area contributed by atoms with Gasteiger partial charge in [-0.3, -0.25) is 4.21 Å². The minimum absolute atomic E-state index is 0.0295. The van der Waals surface area contributed by atoms with Crippen molar-refractivity contribution in [2.24, 2.45) is 0 Å². The Balaban J connectivity index is 2.20. The van der Waals surface area contributed by atoms with Crippen LogP contribution in [-0.2, 0) is 10.8 Å². The highest BCUT2D eigenvalue weighted by molar-refractivity contribution is 7.84. The smallest absolute Gasteiger partial charge is 0.257 e. The molecule has 2 aromatic rings. The van der Waals surface area contributed by atoms with Crippen LogP contribution in [0.1, 0.15) is 6.92 Å². The third-order valence-corrected chi connectivity index (χ3v) is 3.18. The van der Waals surface area contributed by atoms with Crippen LogP contribution < -0.4 is 11.1 Å². The fourth-order valence-electron chi connectivity index (χ4n) is 1.55. The quantitative estimate of drug-likeness (QED) is 0.781. The number of hydrogen-bond acceptors (Lipinski definition) is 7. The molecule has 2 unspecified atom stereocenters. The fraction of sp³-hybridized carbons (Fsp3) is 0.400. The van der Waals surface area contributed by atoms with Gasteiger partial charge in [-0.25, -0.2) is 4.68 Å². The number of rotatable bonds is 5. The van der Waals surface area contributed by atoms with E-state index in [0.717, 1.165) is 0 Å². The molecule has 0 saturated carbocycles. The van der Waals surface area contributed by atoms with Crippen molar-refractivity contribution < 1.29 is 4.21 Å². The van der Waals surface area contributed by atoms with Crippen LogP contribution in [0.25, 0.3) is 5.95 Å². The molecule has 2 rings (SSSR count). The van der Waals surface area contributed by atoms with Crippen molar-refractivity contribution in [2.45, 2.75) is 13.0 Å². The van der Waals surface area contributed by atoms with Gasteiger partial charge in [0, 0.05) is 41.2 Å². The molecule has 3 N–H and O–H groups in total. The molecule has 0 aliphatic rings. The van der Waals surface area contributed by atoms with Gasteiger partial charge in [0.05, 0.1) is 0 Å². The molecule has 0 fully saturated rings. The Morgan fingerprint density at radius 1 is 1.47 bits per heavy atom. The second-order valence-electron chi connectivity index (χ2n) is 4.05. The minimum atomic E-state index is -0.892. The zero-order valence-corrected chi connectivity index (χ0v) is 11.5. The summed E-state index contributed by atoms with van der Waals surface area (Å²) in [6.07, 6.45) is 4.98. The third kappa shape index (κ3) is 3.71. The summed E-state index contributed by atoms with van der Waals surface area (Å²) in [6, 6.07) is 1.73.